The molecule has 0 aromatic heterocycles. The van der Waals surface area contributed by atoms with Crippen LogP contribution in [-0.2, 0) is 9.59 Å². The van der Waals surface area contributed by atoms with Gasteiger partial charge in [-0.05, 0) is 0 Å². The fourth-order valence-electron chi connectivity index (χ4n) is 0.929. The van der Waals surface area contributed by atoms with Gasteiger partial charge in [-0.1, -0.05) is 6.58 Å². The topological polar surface area (TPSA) is 110 Å². The van der Waals surface area contributed by atoms with E-state index in [1.54, 1.807) is 0 Å². The van der Waals surface area contributed by atoms with Crippen LogP contribution >= 0.6 is 0 Å². The molecule has 0 aliphatic carbocycles. The van der Waals surface area contributed by atoms with E-state index in [4.69, 9.17) is 5.11 Å². The van der Waals surface area contributed by atoms with Crippen LogP contribution in [0.15, 0.2) is 28.4 Å². The molecule has 0 saturated heterocycles. The number of hydrogen-bond donors (Lipinski definition) is 1. The van der Waals surface area contributed by atoms with Gasteiger partial charge in [0.25, 0.3) is 0 Å². The maximum atomic E-state index is 10.9. The fraction of sp³-hybridized carbons (Fsp3) is 0. The van der Waals surface area contributed by atoms with E-state index in [0.717, 1.165) is 6.21 Å². The van der Waals surface area contributed by atoms with Crippen LogP contribution in [0.5, 0.6) is 0 Å². The largest absolute Gasteiger partial charge is 0.477 e. The average molecular weight is 196 g/mol. The van der Waals surface area contributed by atoms with Crippen molar-refractivity contribution >= 4 is 18.1 Å². The first-order valence-electron chi connectivity index (χ1n) is 3.34. The number of aliphatic carboxylic acids is 1. The van der Waals surface area contributed by atoms with E-state index in [0.29, 0.717) is 0 Å². The molecule has 0 bridgehead atoms. The van der Waals surface area contributed by atoms with Crippen LogP contribution in [0.25, 0.3) is 0 Å². The minimum Gasteiger partial charge on any atom is -0.477 e. The Hall–Kier alpha value is -2.31. The van der Waals surface area contributed by atoms with E-state index < -0.39 is 28.1 Å². The summed E-state index contributed by atoms with van der Waals surface area (Å²) in [6.45, 7) is 3.24. The third kappa shape index (κ3) is 1.42. The van der Waals surface area contributed by atoms with Gasteiger partial charge in [0, 0.05) is 11.8 Å². The molecule has 0 saturated carbocycles. The number of carbonyl (C=O) groups excluding carboxylic acids is 1. The predicted molar refractivity (Wildman–Crippen MR) is 44.3 cm³/mol. The number of amides is 1. The number of hydrogen-bond acceptors (Lipinski definition) is 4. The van der Waals surface area contributed by atoms with Crippen molar-refractivity contribution in [1.29, 1.82) is 0 Å². The third-order valence-corrected chi connectivity index (χ3v) is 1.49. The number of nitrogens with zero attached hydrogens (tertiary/aromatic N) is 2. The van der Waals surface area contributed by atoms with Gasteiger partial charge in [0.1, 0.15) is 0 Å². The Labute approximate surface area is 77.2 Å². The molecule has 7 heteroatoms. The molecular formula is C7H4N2O5. The molecule has 7 nitrogen and oxygen atoms in total. The van der Waals surface area contributed by atoms with Gasteiger partial charge in [-0.2, -0.15) is 0 Å². The lowest BCUT2D eigenvalue weighted by Gasteiger charge is -2.05. The minimum absolute atomic E-state index is 0.163. The van der Waals surface area contributed by atoms with Crippen LogP contribution in [0.3, 0.4) is 0 Å². The molecule has 1 rings (SSSR count). The van der Waals surface area contributed by atoms with Gasteiger partial charge >= 0.3 is 17.6 Å². The zero-order chi connectivity index (χ0) is 10.9. The molecule has 14 heavy (non-hydrogen) atoms. The van der Waals surface area contributed by atoms with Crippen molar-refractivity contribution < 1.29 is 19.6 Å². The van der Waals surface area contributed by atoms with Gasteiger partial charge in [-0.15, -0.1) is 0 Å². The summed E-state index contributed by atoms with van der Waals surface area (Å²) in [7, 11) is 0. The van der Waals surface area contributed by atoms with Gasteiger partial charge in [0.2, 0.25) is 0 Å². The normalized spacial score (nSPS) is 16.0. The van der Waals surface area contributed by atoms with Crippen LogP contribution in [-0.4, -0.2) is 28.1 Å². The molecule has 0 unspecified atom stereocenters. The van der Waals surface area contributed by atoms with Crippen LogP contribution in [0, 0.1) is 10.1 Å². The average Bonchev–Trinajstić information content (AvgIpc) is 2.07. The molecule has 1 N–H and O–H groups in total. The molecule has 0 aromatic rings. The van der Waals surface area contributed by atoms with Gasteiger partial charge in [-0.25, -0.2) is 9.79 Å². The number of carboxylic acid groups (broad SMARTS) is 1. The second-order valence-electron chi connectivity index (χ2n) is 2.37. The molecule has 0 radical (unpaired) electrons. The minimum atomic E-state index is -1.57. The van der Waals surface area contributed by atoms with E-state index >= 15 is 0 Å². The van der Waals surface area contributed by atoms with E-state index in [1.165, 1.54) is 0 Å². The zero-order valence-electron chi connectivity index (χ0n) is 6.76. The molecule has 0 aromatic carbocycles. The van der Waals surface area contributed by atoms with Crippen molar-refractivity contribution in [1.82, 2.24) is 0 Å². The van der Waals surface area contributed by atoms with E-state index in [2.05, 4.69) is 11.6 Å². The quantitative estimate of drug-likeness (QED) is 0.484. The standard InChI is InChI=1S/C7H4N2O5/c1-3-2-8-6(10)5(9(13)14)4(3)7(11)12/h2H,1H2,(H,11,12). The summed E-state index contributed by atoms with van der Waals surface area (Å²) in [5.41, 5.74) is -1.93. The SMILES string of the molecule is C=C1C=NC(=O)C([N+](=O)[O-])=C1C(=O)O. The Morgan fingerprint density at radius 1 is 1.64 bits per heavy atom. The van der Waals surface area contributed by atoms with Gasteiger partial charge < -0.3 is 5.11 Å². The predicted octanol–water partition coefficient (Wildman–Crippen LogP) is -0.231. The van der Waals surface area contributed by atoms with E-state index in [-0.39, 0.29) is 5.57 Å². The van der Waals surface area contributed by atoms with E-state index in [1.807, 2.05) is 0 Å². The number of aliphatic imine (C=N–C) groups is 1. The van der Waals surface area contributed by atoms with Crippen molar-refractivity contribution in [3.8, 4) is 0 Å². The molecule has 1 amide bonds. The molecule has 0 fully saturated rings. The summed E-state index contributed by atoms with van der Waals surface area (Å²) in [4.78, 5) is 33.9. The van der Waals surface area contributed by atoms with Crippen LogP contribution < -0.4 is 0 Å². The Morgan fingerprint density at radius 3 is 2.57 bits per heavy atom. The molecule has 0 atom stereocenters. The maximum Gasteiger partial charge on any atom is 0.350 e. The van der Waals surface area contributed by atoms with Crippen molar-refractivity contribution in [3.63, 3.8) is 0 Å². The highest BCUT2D eigenvalue weighted by molar-refractivity contribution is 6.15. The third-order valence-electron chi connectivity index (χ3n) is 1.49. The number of nitro groups is 1. The summed E-state index contributed by atoms with van der Waals surface area (Å²) >= 11 is 0. The first-order valence-corrected chi connectivity index (χ1v) is 3.34. The fourth-order valence-corrected chi connectivity index (χ4v) is 0.929. The van der Waals surface area contributed by atoms with Crippen molar-refractivity contribution in [2.45, 2.75) is 0 Å². The van der Waals surface area contributed by atoms with Crippen molar-refractivity contribution in [2.75, 3.05) is 0 Å². The Balaban J connectivity index is 3.42. The van der Waals surface area contributed by atoms with Crippen LogP contribution in [0.4, 0.5) is 0 Å². The lowest BCUT2D eigenvalue weighted by Crippen LogP contribution is -2.22. The summed E-state index contributed by atoms with van der Waals surface area (Å²) < 4.78 is 0. The molecule has 1 aliphatic heterocycles. The molecule has 1 heterocycles. The lowest BCUT2D eigenvalue weighted by molar-refractivity contribution is -0.419. The van der Waals surface area contributed by atoms with Crippen LogP contribution in [0.1, 0.15) is 0 Å². The van der Waals surface area contributed by atoms with Gasteiger partial charge in [0.05, 0.1) is 4.92 Å². The number of dihydropyridines is 1. The number of carboxylic acids is 1. The zero-order valence-corrected chi connectivity index (χ0v) is 6.76. The number of rotatable bonds is 2. The highest BCUT2D eigenvalue weighted by Gasteiger charge is 2.35. The second kappa shape index (κ2) is 3.21. The first kappa shape index (κ1) is 9.78. The van der Waals surface area contributed by atoms with Crippen LogP contribution in [0.2, 0.25) is 0 Å². The molecule has 1 aliphatic rings. The maximum absolute atomic E-state index is 10.9. The Bertz CT molecular complexity index is 380. The van der Waals surface area contributed by atoms with Crippen molar-refractivity contribution in [2.24, 2.45) is 4.99 Å². The highest BCUT2D eigenvalue weighted by atomic mass is 16.6. The van der Waals surface area contributed by atoms with Gasteiger partial charge in [0.15, 0.2) is 5.57 Å². The summed E-state index contributed by atoms with van der Waals surface area (Å²) in [5, 5.41) is 19.0. The number of carbonyl (C=O) groups is 2. The Morgan fingerprint density at radius 2 is 2.21 bits per heavy atom. The molecular weight excluding hydrogens is 192 g/mol. The second-order valence-corrected chi connectivity index (χ2v) is 2.37. The summed E-state index contributed by atoms with van der Waals surface area (Å²) in [6.07, 6.45) is 0.888. The first-order chi connectivity index (χ1) is 6.45. The smallest absolute Gasteiger partial charge is 0.350 e. The summed E-state index contributed by atoms with van der Waals surface area (Å²) in [6, 6.07) is 0. The molecule has 72 valence electrons. The lowest BCUT2D eigenvalue weighted by atomic mass is 10.0. The monoisotopic (exact) mass is 196 g/mol. The van der Waals surface area contributed by atoms with Crippen molar-refractivity contribution in [3.05, 3.63) is 33.5 Å². The summed E-state index contributed by atoms with van der Waals surface area (Å²) in [5.74, 6) is -2.75. The highest BCUT2D eigenvalue weighted by Crippen LogP contribution is 2.18. The molecule has 0 spiro atoms. The Kier molecular flexibility index (Phi) is 2.24. The van der Waals surface area contributed by atoms with Gasteiger partial charge in [-0.3, -0.25) is 14.9 Å². The van der Waals surface area contributed by atoms with E-state index in [9.17, 15) is 19.7 Å².